The molecule has 2 aliphatic rings. The monoisotopic (exact) mass is 594 g/mol. The van der Waals surface area contributed by atoms with Crippen LogP contribution in [-0.2, 0) is 13.0 Å². The molecule has 6 rings (SSSR count). The number of fused-ring (bicyclic) bond motifs is 2. The van der Waals surface area contributed by atoms with E-state index in [0.29, 0.717) is 47.2 Å². The predicted octanol–water partition coefficient (Wildman–Crippen LogP) is 4.77. The van der Waals surface area contributed by atoms with Gasteiger partial charge in [-0.25, -0.2) is 27.4 Å². The van der Waals surface area contributed by atoms with Crippen molar-refractivity contribution < 1.29 is 13.2 Å². The Morgan fingerprint density at radius 1 is 1.13 bits per heavy atom. The maximum atomic E-state index is 15.2. The second kappa shape index (κ2) is 10.7. The summed E-state index contributed by atoms with van der Waals surface area (Å²) in [6.45, 7) is 0.714. The maximum Gasteiger partial charge on any atom is 0.258 e. The smallest absolute Gasteiger partial charge is 0.258 e. The standard InChI is InChI=1S/C25H29F3N8S3/c26-17-12-34(15-2-1-3-15)8-7-18(17)29-24-30-20(11-25(37,38)39)23-16(6-9-35(23)32-24)14-4-5-19-21(10-14)36(33-31-19)13-22(27)28/h4-6,9-10,15,17-18,22,37-39H,1-3,7-8,11-13H2,(H,29,32)/t17-,18?/m0/s1. The average molecular weight is 595 g/mol. The summed E-state index contributed by atoms with van der Waals surface area (Å²) in [5, 5.41) is 15.7. The van der Waals surface area contributed by atoms with Gasteiger partial charge in [-0.2, -0.15) is 37.9 Å². The summed E-state index contributed by atoms with van der Waals surface area (Å²) < 4.78 is 43.2. The summed E-state index contributed by atoms with van der Waals surface area (Å²) in [5.74, 6) is 0.318. The molecule has 0 spiro atoms. The van der Waals surface area contributed by atoms with Crippen LogP contribution in [-0.4, -0.2) is 75.7 Å². The quantitative estimate of drug-likeness (QED) is 0.174. The van der Waals surface area contributed by atoms with E-state index in [1.54, 1.807) is 22.8 Å². The minimum atomic E-state index is -2.55. The predicted molar refractivity (Wildman–Crippen MR) is 155 cm³/mol. The van der Waals surface area contributed by atoms with Crippen LogP contribution in [0.5, 0.6) is 0 Å². The first-order chi connectivity index (χ1) is 18.6. The van der Waals surface area contributed by atoms with Gasteiger partial charge in [0.25, 0.3) is 6.43 Å². The van der Waals surface area contributed by atoms with Crippen LogP contribution in [0.25, 0.3) is 27.7 Å². The number of nitrogens with zero attached hydrogens (tertiary/aromatic N) is 7. The zero-order valence-electron chi connectivity index (χ0n) is 21.0. The van der Waals surface area contributed by atoms with E-state index in [-0.39, 0.29) is 12.5 Å². The lowest BCUT2D eigenvalue weighted by atomic mass is 9.89. The molecule has 1 aliphatic heterocycles. The fraction of sp³-hybridized carbons (Fsp3) is 0.520. The molecule has 14 heteroatoms. The normalized spacial score (nSPS) is 21.2. The first-order valence-corrected chi connectivity index (χ1v) is 14.3. The second-order valence-electron chi connectivity index (χ2n) is 10.4. The minimum Gasteiger partial charge on any atom is -0.347 e. The van der Waals surface area contributed by atoms with Gasteiger partial charge in [-0.05, 0) is 43.0 Å². The molecule has 1 saturated heterocycles. The topological polar surface area (TPSA) is 76.2 Å². The number of alkyl halides is 3. The molecule has 8 nitrogen and oxygen atoms in total. The lowest BCUT2D eigenvalue weighted by Crippen LogP contribution is -2.53. The summed E-state index contributed by atoms with van der Waals surface area (Å²) in [6, 6.07) is 7.39. The van der Waals surface area contributed by atoms with E-state index < -0.39 is 22.6 Å². The third-order valence-electron chi connectivity index (χ3n) is 7.60. The van der Waals surface area contributed by atoms with Crippen molar-refractivity contribution in [3.8, 4) is 11.1 Å². The Morgan fingerprint density at radius 3 is 2.64 bits per heavy atom. The van der Waals surface area contributed by atoms with Gasteiger partial charge in [0.05, 0.1) is 22.8 Å². The van der Waals surface area contributed by atoms with Gasteiger partial charge in [0, 0.05) is 37.3 Å². The Labute approximate surface area is 239 Å². The Bertz CT molecular complexity index is 1480. The molecular formula is C25H29F3N8S3. The van der Waals surface area contributed by atoms with Gasteiger partial charge in [0.15, 0.2) is 0 Å². The van der Waals surface area contributed by atoms with E-state index in [9.17, 15) is 8.78 Å². The lowest BCUT2D eigenvalue weighted by Gasteiger charge is -2.43. The third kappa shape index (κ3) is 5.70. The number of anilines is 1. The molecular weight excluding hydrogens is 566 g/mol. The first kappa shape index (κ1) is 27.0. The van der Waals surface area contributed by atoms with Crippen LogP contribution in [0.2, 0.25) is 0 Å². The van der Waals surface area contributed by atoms with Gasteiger partial charge in [0.2, 0.25) is 5.95 Å². The molecule has 3 aromatic heterocycles. The van der Waals surface area contributed by atoms with Crippen molar-refractivity contribution in [1.82, 2.24) is 34.5 Å². The average Bonchev–Trinajstić information content (AvgIpc) is 3.42. The molecule has 1 saturated carbocycles. The maximum absolute atomic E-state index is 15.2. The zero-order valence-corrected chi connectivity index (χ0v) is 23.6. The van der Waals surface area contributed by atoms with E-state index >= 15 is 4.39 Å². The van der Waals surface area contributed by atoms with Crippen molar-refractivity contribution in [2.75, 3.05) is 18.4 Å². The minimum absolute atomic E-state index is 0.270. The summed E-state index contributed by atoms with van der Waals surface area (Å²) >= 11 is 13.5. The van der Waals surface area contributed by atoms with Crippen molar-refractivity contribution in [3.63, 3.8) is 0 Å². The molecule has 1 aliphatic carbocycles. The molecule has 1 N–H and O–H groups in total. The van der Waals surface area contributed by atoms with Gasteiger partial charge < -0.3 is 5.32 Å². The van der Waals surface area contributed by atoms with Gasteiger partial charge >= 0.3 is 0 Å². The third-order valence-corrected chi connectivity index (χ3v) is 8.08. The van der Waals surface area contributed by atoms with Crippen LogP contribution in [0.4, 0.5) is 19.1 Å². The van der Waals surface area contributed by atoms with Crippen molar-refractivity contribution in [1.29, 1.82) is 0 Å². The number of halogens is 3. The highest BCUT2D eigenvalue weighted by atomic mass is 32.2. The molecule has 4 heterocycles. The molecule has 2 fully saturated rings. The Hall–Kier alpha value is -2.16. The van der Waals surface area contributed by atoms with Gasteiger partial charge in [-0.3, -0.25) is 4.90 Å². The number of likely N-dealkylation sites (tertiary alicyclic amines) is 1. The van der Waals surface area contributed by atoms with Crippen LogP contribution >= 0.6 is 37.9 Å². The van der Waals surface area contributed by atoms with E-state index in [0.717, 1.165) is 30.5 Å². The van der Waals surface area contributed by atoms with E-state index in [1.807, 2.05) is 12.1 Å². The molecule has 208 valence electrons. The second-order valence-corrected chi connectivity index (χ2v) is 13.7. The molecule has 2 atom stereocenters. The molecule has 0 amide bonds. The molecule has 0 bridgehead atoms. The Balaban J connectivity index is 1.33. The van der Waals surface area contributed by atoms with E-state index in [2.05, 4.69) is 63.5 Å². The van der Waals surface area contributed by atoms with Crippen molar-refractivity contribution in [2.45, 2.75) is 66.7 Å². The van der Waals surface area contributed by atoms with Crippen LogP contribution in [0.15, 0.2) is 30.5 Å². The van der Waals surface area contributed by atoms with Crippen LogP contribution in [0.1, 0.15) is 31.4 Å². The fourth-order valence-electron chi connectivity index (χ4n) is 5.48. The molecule has 1 aromatic carbocycles. The lowest BCUT2D eigenvalue weighted by molar-refractivity contribution is 0.0552. The highest BCUT2D eigenvalue weighted by Crippen LogP contribution is 2.35. The first-order valence-electron chi connectivity index (χ1n) is 13.0. The number of rotatable bonds is 8. The van der Waals surface area contributed by atoms with Crippen LogP contribution in [0.3, 0.4) is 0 Å². The largest absolute Gasteiger partial charge is 0.347 e. The molecule has 39 heavy (non-hydrogen) atoms. The SMILES string of the molecule is FC(F)Cn1nnc2ccc(-c3ccn4nc(NC5CCN(C6CCC6)C[C@@H]5F)nc(CC(S)(S)S)c34)cc21. The van der Waals surface area contributed by atoms with Gasteiger partial charge in [-0.1, -0.05) is 17.7 Å². The summed E-state index contributed by atoms with van der Waals surface area (Å²) in [4.78, 5) is 7.03. The summed E-state index contributed by atoms with van der Waals surface area (Å²) in [6.07, 6.45) is 2.68. The molecule has 4 aromatic rings. The summed E-state index contributed by atoms with van der Waals surface area (Å²) in [5.41, 5.74) is 3.90. The number of piperidine rings is 1. The van der Waals surface area contributed by atoms with Crippen molar-refractivity contribution >= 4 is 60.4 Å². The van der Waals surface area contributed by atoms with Crippen LogP contribution in [0, 0.1) is 0 Å². The molecule has 1 unspecified atom stereocenters. The number of benzene rings is 1. The Morgan fingerprint density at radius 2 is 1.95 bits per heavy atom. The highest BCUT2D eigenvalue weighted by Gasteiger charge is 2.35. The van der Waals surface area contributed by atoms with E-state index in [4.69, 9.17) is 4.98 Å². The van der Waals surface area contributed by atoms with Crippen molar-refractivity contribution in [3.05, 3.63) is 36.2 Å². The number of hydrogen-bond donors (Lipinski definition) is 4. The van der Waals surface area contributed by atoms with Gasteiger partial charge in [-0.15, -0.1) is 10.2 Å². The van der Waals surface area contributed by atoms with Gasteiger partial charge in [0.1, 0.15) is 21.6 Å². The number of aromatic nitrogens is 6. The summed E-state index contributed by atoms with van der Waals surface area (Å²) in [7, 11) is 0. The van der Waals surface area contributed by atoms with E-state index in [1.165, 1.54) is 11.1 Å². The zero-order chi connectivity index (χ0) is 27.3. The van der Waals surface area contributed by atoms with Crippen LogP contribution < -0.4 is 5.32 Å². The fourth-order valence-corrected chi connectivity index (χ4v) is 5.93. The number of thiol groups is 3. The number of hydrogen-bond acceptors (Lipinski definition) is 9. The Kier molecular flexibility index (Phi) is 7.40. The highest BCUT2D eigenvalue weighted by molar-refractivity contribution is 8.16. The molecule has 0 radical (unpaired) electrons. The van der Waals surface area contributed by atoms with Crippen molar-refractivity contribution in [2.24, 2.45) is 0 Å². The number of nitrogens with one attached hydrogen (secondary N) is 1.